The van der Waals surface area contributed by atoms with Gasteiger partial charge in [-0.3, -0.25) is 0 Å². The lowest BCUT2D eigenvalue weighted by atomic mass is 10.2. The Bertz CT molecular complexity index is 361. The Morgan fingerprint density at radius 3 is 2.88 bits per heavy atom. The molecule has 16 heavy (non-hydrogen) atoms. The number of nitrogens with two attached hydrogens (primary N) is 1. The Balaban J connectivity index is 2.29. The van der Waals surface area contributed by atoms with Gasteiger partial charge in [0.2, 0.25) is 0 Å². The summed E-state index contributed by atoms with van der Waals surface area (Å²) in [4.78, 5) is 0. The second kappa shape index (κ2) is 6.18. The molecule has 0 unspecified atom stereocenters. The summed E-state index contributed by atoms with van der Waals surface area (Å²) in [5.74, 6) is 0. The van der Waals surface area contributed by atoms with Crippen molar-refractivity contribution in [3.63, 3.8) is 0 Å². The molecule has 1 rings (SSSR count). The van der Waals surface area contributed by atoms with Gasteiger partial charge in [0.05, 0.1) is 13.2 Å². The van der Waals surface area contributed by atoms with E-state index >= 15 is 0 Å². The smallest absolute Gasteiger partial charge is 0.0672 e. The molecule has 3 N–H and O–H groups in total. The number of anilines is 2. The first-order valence-electron chi connectivity index (χ1n) is 5.41. The van der Waals surface area contributed by atoms with E-state index in [0.29, 0.717) is 13.2 Å². The van der Waals surface area contributed by atoms with E-state index in [2.05, 4.69) is 11.9 Å². The highest BCUT2D eigenvalue weighted by atomic mass is 16.5. The van der Waals surface area contributed by atoms with Gasteiger partial charge in [-0.2, -0.15) is 0 Å². The fraction of sp³-hybridized carbons (Fsp3) is 0.385. The molecule has 0 bridgehead atoms. The zero-order valence-corrected chi connectivity index (χ0v) is 10.0. The molecule has 0 aliphatic rings. The van der Waals surface area contributed by atoms with Crippen molar-refractivity contribution >= 4 is 11.4 Å². The molecule has 0 fully saturated rings. The highest BCUT2D eigenvalue weighted by Gasteiger charge is 1.97. The van der Waals surface area contributed by atoms with Crippen LogP contribution in [0.2, 0.25) is 0 Å². The van der Waals surface area contributed by atoms with Crippen molar-refractivity contribution in [2.45, 2.75) is 13.8 Å². The molecule has 0 saturated heterocycles. The average molecular weight is 220 g/mol. The number of ether oxygens (including phenoxy) is 1. The van der Waals surface area contributed by atoms with E-state index in [-0.39, 0.29) is 0 Å². The Labute approximate surface area is 97.3 Å². The minimum atomic E-state index is 0.627. The zero-order valence-electron chi connectivity index (χ0n) is 10.0. The summed E-state index contributed by atoms with van der Waals surface area (Å²) in [6.07, 6.45) is 0. The van der Waals surface area contributed by atoms with Gasteiger partial charge in [-0.1, -0.05) is 12.2 Å². The number of aryl methyl sites for hydroxylation is 1. The minimum Gasteiger partial charge on any atom is -0.399 e. The van der Waals surface area contributed by atoms with E-state index in [1.54, 1.807) is 0 Å². The second-order valence-corrected chi connectivity index (χ2v) is 4.01. The number of nitrogens with one attached hydrogen (secondary N) is 1. The van der Waals surface area contributed by atoms with Crippen molar-refractivity contribution < 1.29 is 4.74 Å². The molecule has 3 nitrogen and oxygen atoms in total. The van der Waals surface area contributed by atoms with Crippen LogP contribution >= 0.6 is 0 Å². The van der Waals surface area contributed by atoms with E-state index in [4.69, 9.17) is 10.5 Å². The van der Waals surface area contributed by atoms with Crippen LogP contribution in [0.3, 0.4) is 0 Å². The Morgan fingerprint density at radius 2 is 2.25 bits per heavy atom. The quantitative estimate of drug-likeness (QED) is 0.440. The largest absolute Gasteiger partial charge is 0.399 e. The number of nitrogen functional groups attached to an aromatic ring is 1. The maximum atomic E-state index is 5.67. The molecule has 0 spiro atoms. The van der Waals surface area contributed by atoms with E-state index in [1.165, 1.54) is 0 Å². The van der Waals surface area contributed by atoms with Crippen LogP contribution in [0.15, 0.2) is 30.4 Å². The summed E-state index contributed by atoms with van der Waals surface area (Å²) in [7, 11) is 0. The molecule has 0 saturated carbocycles. The first kappa shape index (κ1) is 12.6. The summed E-state index contributed by atoms with van der Waals surface area (Å²) < 4.78 is 5.39. The lowest BCUT2D eigenvalue weighted by Gasteiger charge is -2.10. The van der Waals surface area contributed by atoms with E-state index in [9.17, 15) is 0 Å². The Morgan fingerprint density at radius 1 is 1.50 bits per heavy atom. The van der Waals surface area contributed by atoms with Crippen LogP contribution in [0.5, 0.6) is 0 Å². The van der Waals surface area contributed by atoms with Gasteiger partial charge in [-0.25, -0.2) is 0 Å². The van der Waals surface area contributed by atoms with Crippen molar-refractivity contribution in [3.8, 4) is 0 Å². The fourth-order valence-corrected chi connectivity index (χ4v) is 1.39. The third kappa shape index (κ3) is 4.36. The number of rotatable bonds is 6. The zero-order chi connectivity index (χ0) is 12.0. The molecule has 0 amide bonds. The third-order valence-electron chi connectivity index (χ3n) is 2.16. The van der Waals surface area contributed by atoms with Crippen molar-refractivity contribution in [2.24, 2.45) is 0 Å². The van der Waals surface area contributed by atoms with Gasteiger partial charge in [-0.05, 0) is 37.6 Å². The molecule has 1 aromatic rings. The Kier molecular flexibility index (Phi) is 4.86. The summed E-state index contributed by atoms with van der Waals surface area (Å²) >= 11 is 0. The summed E-state index contributed by atoms with van der Waals surface area (Å²) in [5.41, 5.74) is 9.77. The van der Waals surface area contributed by atoms with Crippen LogP contribution < -0.4 is 11.1 Å². The molecule has 0 radical (unpaired) electrons. The van der Waals surface area contributed by atoms with Gasteiger partial charge in [0.1, 0.15) is 0 Å². The number of benzene rings is 1. The predicted octanol–water partition coefficient (Wildman–Crippen LogP) is 2.58. The van der Waals surface area contributed by atoms with Gasteiger partial charge < -0.3 is 15.8 Å². The molecule has 0 atom stereocenters. The van der Waals surface area contributed by atoms with Crippen LogP contribution in [-0.2, 0) is 4.74 Å². The van der Waals surface area contributed by atoms with E-state index < -0.39 is 0 Å². The molecule has 1 aromatic carbocycles. The first-order chi connectivity index (χ1) is 7.59. The molecular formula is C13H20N2O. The maximum absolute atomic E-state index is 5.67. The maximum Gasteiger partial charge on any atom is 0.0672 e. The normalized spacial score (nSPS) is 10.1. The van der Waals surface area contributed by atoms with Crippen molar-refractivity contribution in [1.82, 2.24) is 0 Å². The standard InChI is InChI=1S/C13H20N2O/c1-10(2)9-16-7-6-15-13-5-4-12(14)8-11(13)3/h4-5,8,15H,1,6-7,9,14H2,2-3H3. The summed E-state index contributed by atoms with van der Waals surface area (Å²) in [5, 5.41) is 3.30. The van der Waals surface area contributed by atoms with Crippen LogP contribution in [0.1, 0.15) is 12.5 Å². The highest BCUT2D eigenvalue weighted by molar-refractivity contribution is 5.57. The molecule has 0 aliphatic heterocycles. The van der Waals surface area contributed by atoms with Crippen LogP contribution in [0.25, 0.3) is 0 Å². The van der Waals surface area contributed by atoms with Crippen molar-refractivity contribution in [1.29, 1.82) is 0 Å². The molecular weight excluding hydrogens is 200 g/mol. The van der Waals surface area contributed by atoms with Gasteiger partial charge in [0, 0.05) is 17.9 Å². The molecule has 0 aromatic heterocycles. The average Bonchev–Trinajstić information content (AvgIpc) is 2.20. The predicted molar refractivity (Wildman–Crippen MR) is 69.7 cm³/mol. The first-order valence-corrected chi connectivity index (χ1v) is 5.41. The van der Waals surface area contributed by atoms with Crippen molar-refractivity contribution in [3.05, 3.63) is 35.9 Å². The molecule has 0 aliphatic carbocycles. The van der Waals surface area contributed by atoms with Crippen molar-refractivity contribution in [2.75, 3.05) is 30.8 Å². The summed E-state index contributed by atoms with van der Waals surface area (Å²) in [6, 6.07) is 5.84. The molecule has 3 heteroatoms. The topological polar surface area (TPSA) is 47.3 Å². The van der Waals surface area contributed by atoms with E-state index in [1.807, 2.05) is 32.0 Å². The third-order valence-corrected chi connectivity index (χ3v) is 2.16. The SMILES string of the molecule is C=C(C)COCCNc1ccc(N)cc1C. The van der Waals surface area contributed by atoms with Crippen LogP contribution in [0, 0.1) is 6.92 Å². The Hall–Kier alpha value is -1.48. The monoisotopic (exact) mass is 220 g/mol. The minimum absolute atomic E-state index is 0.627. The molecule has 0 heterocycles. The van der Waals surface area contributed by atoms with Crippen LogP contribution in [-0.4, -0.2) is 19.8 Å². The van der Waals surface area contributed by atoms with Gasteiger partial charge >= 0.3 is 0 Å². The second-order valence-electron chi connectivity index (χ2n) is 4.01. The fourth-order valence-electron chi connectivity index (χ4n) is 1.39. The lowest BCUT2D eigenvalue weighted by Crippen LogP contribution is -2.11. The number of hydrogen-bond donors (Lipinski definition) is 2. The summed E-state index contributed by atoms with van der Waals surface area (Å²) in [6.45, 7) is 9.86. The van der Waals surface area contributed by atoms with Gasteiger partial charge in [-0.15, -0.1) is 0 Å². The van der Waals surface area contributed by atoms with Gasteiger partial charge in [0.15, 0.2) is 0 Å². The van der Waals surface area contributed by atoms with Gasteiger partial charge in [0.25, 0.3) is 0 Å². The highest BCUT2D eigenvalue weighted by Crippen LogP contribution is 2.16. The van der Waals surface area contributed by atoms with Crippen LogP contribution in [0.4, 0.5) is 11.4 Å². The molecule has 88 valence electrons. The lowest BCUT2D eigenvalue weighted by molar-refractivity contribution is 0.167. The van der Waals surface area contributed by atoms with E-state index in [0.717, 1.165) is 29.1 Å². The number of hydrogen-bond acceptors (Lipinski definition) is 3.